The number of rotatable bonds is 5. The third kappa shape index (κ3) is 4.01. The van der Waals surface area contributed by atoms with Gasteiger partial charge < -0.3 is 5.11 Å². The van der Waals surface area contributed by atoms with E-state index >= 15 is 0 Å². The first-order valence-corrected chi connectivity index (χ1v) is 6.71. The van der Waals surface area contributed by atoms with Crippen LogP contribution in [0.5, 0.6) is 5.75 Å². The highest BCUT2D eigenvalue weighted by Crippen LogP contribution is 2.27. The van der Waals surface area contributed by atoms with Crippen molar-refractivity contribution in [2.24, 2.45) is 0 Å². The van der Waals surface area contributed by atoms with Gasteiger partial charge in [0, 0.05) is 0 Å². The molecule has 1 unspecified atom stereocenters. The molecule has 0 aliphatic heterocycles. The Morgan fingerprint density at radius 2 is 2.07 bits per heavy atom. The fraction of sp³-hybridized carbons (Fsp3) is 0.538. The largest absolute Gasteiger partial charge is 0.507 e. The van der Waals surface area contributed by atoms with Crippen molar-refractivity contribution in [2.75, 3.05) is 0 Å². The van der Waals surface area contributed by atoms with E-state index < -0.39 is 0 Å². The molecule has 15 heavy (non-hydrogen) atoms. The van der Waals surface area contributed by atoms with E-state index in [0.717, 1.165) is 3.57 Å². The molecule has 1 rings (SSSR count). The first kappa shape index (κ1) is 12.8. The Kier molecular flexibility index (Phi) is 5.43. The maximum absolute atomic E-state index is 9.61. The van der Waals surface area contributed by atoms with E-state index in [1.54, 1.807) is 0 Å². The molecule has 1 atom stereocenters. The fourth-order valence-corrected chi connectivity index (χ4v) is 2.04. The zero-order chi connectivity index (χ0) is 11.3. The zero-order valence-corrected chi connectivity index (χ0v) is 11.6. The summed E-state index contributed by atoms with van der Waals surface area (Å²) in [6.07, 6.45) is 5.07. The van der Waals surface area contributed by atoms with Gasteiger partial charge in [-0.2, -0.15) is 0 Å². The van der Waals surface area contributed by atoms with Crippen molar-refractivity contribution in [3.63, 3.8) is 0 Å². The molecule has 1 aromatic rings. The van der Waals surface area contributed by atoms with E-state index in [9.17, 15) is 5.11 Å². The summed E-state index contributed by atoms with van der Waals surface area (Å²) in [7, 11) is 0. The Labute approximate surface area is 106 Å². The number of aromatic hydroxyl groups is 1. The van der Waals surface area contributed by atoms with Gasteiger partial charge in [-0.25, -0.2) is 0 Å². The van der Waals surface area contributed by atoms with Crippen LogP contribution in [0.3, 0.4) is 0 Å². The summed E-state index contributed by atoms with van der Waals surface area (Å²) in [6, 6.07) is 6.01. The number of halogens is 1. The minimum Gasteiger partial charge on any atom is -0.507 e. The van der Waals surface area contributed by atoms with Gasteiger partial charge in [0.05, 0.1) is 3.57 Å². The predicted octanol–water partition coefficient (Wildman–Crippen LogP) is 4.68. The van der Waals surface area contributed by atoms with Gasteiger partial charge in [0.1, 0.15) is 5.75 Å². The molecule has 1 aromatic carbocycles. The Morgan fingerprint density at radius 1 is 1.33 bits per heavy atom. The standard InChI is InChI=1S/C13H19IO/c1-3-4-5-6-10(2)11-7-8-12(14)13(15)9-11/h7-10,15H,3-6H2,1-2H3. The summed E-state index contributed by atoms with van der Waals surface area (Å²) in [5.41, 5.74) is 1.25. The number of phenolic OH excluding ortho intramolecular Hbond substituents is 1. The summed E-state index contributed by atoms with van der Waals surface area (Å²) in [4.78, 5) is 0. The van der Waals surface area contributed by atoms with E-state index in [1.165, 1.54) is 31.2 Å². The van der Waals surface area contributed by atoms with Crippen molar-refractivity contribution in [3.05, 3.63) is 27.3 Å². The van der Waals surface area contributed by atoms with E-state index in [-0.39, 0.29) is 0 Å². The molecule has 0 amide bonds. The third-order valence-corrected chi connectivity index (χ3v) is 3.69. The van der Waals surface area contributed by atoms with Crippen LogP contribution in [0, 0.1) is 3.57 Å². The highest BCUT2D eigenvalue weighted by atomic mass is 127. The van der Waals surface area contributed by atoms with Gasteiger partial charge in [-0.15, -0.1) is 0 Å². The van der Waals surface area contributed by atoms with Crippen LogP contribution >= 0.6 is 22.6 Å². The SMILES string of the molecule is CCCCCC(C)c1ccc(I)c(O)c1. The van der Waals surface area contributed by atoms with Crippen molar-refractivity contribution in [1.29, 1.82) is 0 Å². The molecule has 0 fully saturated rings. The number of phenols is 1. The summed E-state index contributed by atoms with van der Waals surface area (Å²) >= 11 is 2.15. The summed E-state index contributed by atoms with van der Waals surface area (Å²) in [6.45, 7) is 4.46. The van der Waals surface area contributed by atoms with Crippen molar-refractivity contribution < 1.29 is 5.11 Å². The summed E-state index contributed by atoms with van der Waals surface area (Å²) < 4.78 is 0.928. The molecule has 0 aromatic heterocycles. The van der Waals surface area contributed by atoms with Crippen LogP contribution < -0.4 is 0 Å². The van der Waals surface area contributed by atoms with Gasteiger partial charge >= 0.3 is 0 Å². The molecule has 0 aliphatic carbocycles. The van der Waals surface area contributed by atoms with Gasteiger partial charge in [-0.1, -0.05) is 39.2 Å². The van der Waals surface area contributed by atoms with Crippen LogP contribution in [-0.2, 0) is 0 Å². The van der Waals surface area contributed by atoms with E-state index in [2.05, 4.69) is 42.5 Å². The summed E-state index contributed by atoms with van der Waals surface area (Å²) in [5, 5.41) is 9.61. The Bertz CT molecular complexity index is 309. The van der Waals surface area contributed by atoms with Gasteiger partial charge in [-0.3, -0.25) is 0 Å². The van der Waals surface area contributed by atoms with Crippen LogP contribution in [0.1, 0.15) is 51.0 Å². The Morgan fingerprint density at radius 3 is 2.67 bits per heavy atom. The molecule has 1 N–H and O–H groups in total. The van der Waals surface area contributed by atoms with Gasteiger partial charge in [0.25, 0.3) is 0 Å². The molecule has 0 saturated heterocycles. The second-order valence-electron chi connectivity index (χ2n) is 4.11. The van der Waals surface area contributed by atoms with Crippen molar-refractivity contribution in [2.45, 2.75) is 45.4 Å². The molecule has 0 bridgehead atoms. The highest BCUT2D eigenvalue weighted by Gasteiger charge is 2.07. The minimum absolute atomic E-state index is 0.412. The first-order chi connectivity index (χ1) is 7.15. The molecule has 2 heteroatoms. The predicted molar refractivity (Wildman–Crippen MR) is 73.4 cm³/mol. The van der Waals surface area contributed by atoms with E-state index in [0.29, 0.717) is 11.7 Å². The molecule has 0 radical (unpaired) electrons. The molecule has 84 valence electrons. The van der Waals surface area contributed by atoms with Gasteiger partial charge in [0.2, 0.25) is 0 Å². The van der Waals surface area contributed by atoms with Crippen LogP contribution in [0.25, 0.3) is 0 Å². The lowest BCUT2D eigenvalue weighted by atomic mass is 9.95. The lowest BCUT2D eigenvalue weighted by Gasteiger charge is -2.12. The molecule has 0 heterocycles. The topological polar surface area (TPSA) is 20.2 Å². The van der Waals surface area contributed by atoms with Crippen molar-refractivity contribution in [1.82, 2.24) is 0 Å². The van der Waals surface area contributed by atoms with Crippen LogP contribution in [0.4, 0.5) is 0 Å². The molecule has 0 saturated carbocycles. The molecule has 1 nitrogen and oxygen atoms in total. The number of unbranched alkanes of at least 4 members (excludes halogenated alkanes) is 2. The third-order valence-electron chi connectivity index (χ3n) is 2.78. The smallest absolute Gasteiger partial charge is 0.129 e. The maximum atomic E-state index is 9.61. The van der Waals surface area contributed by atoms with Crippen molar-refractivity contribution in [3.8, 4) is 5.75 Å². The summed E-state index contributed by atoms with van der Waals surface area (Å²) in [5.74, 6) is 0.967. The average Bonchev–Trinajstić information content (AvgIpc) is 2.22. The van der Waals surface area contributed by atoms with Gasteiger partial charge in [0.15, 0.2) is 0 Å². The van der Waals surface area contributed by atoms with Crippen LogP contribution in [0.2, 0.25) is 0 Å². The molecule has 0 aliphatic rings. The molecular weight excluding hydrogens is 299 g/mol. The first-order valence-electron chi connectivity index (χ1n) is 5.63. The number of hydrogen-bond acceptors (Lipinski definition) is 1. The quantitative estimate of drug-likeness (QED) is 0.617. The molecular formula is C13H19IO. The minimum atomic E-state index is 0.412. The highest BCUT2D eigenvalue weighted by molar-refractivity contribution is 14.1. The maximum Gasteiger partial charge on any atom is 0.129 e. The number of benzene rings is 1. The molecule has 0 spiro atoms. The fourth-order valence-electron chi connectivity index (χ4n) is 1.70. The second kappa shape index (κ2) is 6.36. The van der Waals surface area contributed by atoms with Crippen LogP contribution in [0.15, 0.2) is 18.2 Å². The Hall–Kier alpha value is -0.250. The lowest BCUT2D eigenvalue weighted by Crippen LogP contribution is -1.94. The average molecular weight is 318 g/mol. The van der Waals surface area contributed by atoms with Crippen LogP contribution in [-0.4, -0.2) is 5.11 Å². The lowest BCUT2D eigenvalue weighted by molar-refractivity contribution is 0.469. The van der Waals surface area contributed by atoms with Crippen molar-refractivity contribution >= 4 is 22.6 Å². The second-order valence-corrected chi connectivity index (χ2v) is 5.27. The normalized spacial score (nSPS) is 12.7. The zero-order valence-electron chi connectivity index (χ0n) is 9.46. The van der Waals surface area contributed by atoms with Gasteiger partial charge in [-0.05, 0) is 52.6 Å². The number of hydrogen-bond donors (Lipinski definition) is 1. The monoisotopic (exact) mass is 318 g/mol. The van der Waals surface area contributed by atoms with E-state index in [4.69, 9.17) is 0 Å². The van der Waals surface area contributed by atoms with E-state index in [1.807, 2.05) is 12.1 Å². The Balaban J connectivity index is 2.57.